The Morgan fingerprint density at radius 1 is 0.600 bits per heavy atom. The summed E-state index contributed by atoms with van der Waals surface area (Å²) in [5.74, 6) is -1.78. The number of nitrogens with two attached hydrogens (primary N) is 1. The van der Waals surface area contributed by atoms with Crippen LogP contribution in [0.5, 0.6) is 0 Å². The summed E-state index contributed by atoms with van der Waals surface area (Å²) in [7, 11) is -4.61. The molecule has 0 saturated heterocycles. The maximum absolute atomic E-state index is 12.6. The third kappa shape index (κ3) is 39.9. The van der Waals surface area contributed by atoms with Crippen LogP contribution in [0.1, 0.15) is 181 Å². The van der Waals surface area contributed by atoms with Gasteiger partial charge in [0.05, 0.1) is 19.8 Å². The Morgan fingerprint density at radius 2 is 1.05 bits per heavy atom. The van der Waals surface area contributed by atoms with Crippen LogP contribution < -0.4 is 5.73 Å². The van der Waals surface area contributed by atoms with Crippen molar-refractivity contribution in [1.82, 2.24) is 0 Å². The highest BCUT2D eigenvalue weighted by molar-refractivity contribution is 7.47. The SMILES string of the molecule is CC/C=C\C/C=C\C/C=C\C/C=C\CCCCCCCCCCCCC(=O)OC(COCCCCCCCCCCCC)COP(=O)(O)OCC(N)C(=O)O. The van der Waals surface area contributed by atoms with Gasteiger partial charge in [-0.3, -0.25) is 18.6 Å². The van der Waals surface area contributed by atoms with Crippen molar-refractivity contribution in [3.8, 4) is 0 Å². The summed E-state index contributed by atoms with van der Waals surface area (Å²) in [5, 5.41) is 8.88. The highest BCUT2D eigenvalue weighted by Gasteiger charge is 2.27. The third-order valence-electron chi connectivity index (χ3n) is 9.12. The summed E-state index contributed by atoms with van der Waals surface area (Å²) in [6, 6.07) is -1.47. The minimum atomic E-state index is -4.61. The van der Waals surface area contributed by atoms with Crippen molar-refractivity contribution in [2.75, 3.05) is 26.4 Å². The van der Waals surface area contributed by atoms with Crippen molar-refractivity contribution in [2.24, 2.45) is 5.73 Å². The zero-order chi connectivity index (χ0) is 40.5. The standard InChI is InChI=1S/C44H80NO9P/c1-3-5-7-9-11-13-15-16-17-18-19-20-21-22-23-24-25-26-27-28-30-32-34-36-43(46)54-41(39-52-55(49,50)53-40-42(45)44(47)48)38-51-37-35-33-31-29-14-12-10-8-6-4-2/h5,7,11,13,16-17,19-20,41-42H,3-4,6,8-10,12,14-15,18,21-40,45H2,1-2H3,(H,47,48)(H,49,50)/b7-5-,13-11-,17-16-,20-19-. The number of hydrogen-bond acceptors (Lipinski definition) is 8. The largest absolute Gasteiger partial charge is 0.480 e. The second kappa shape index (κ2) is 40.1. The van der Waals surface area contributed by atoms with Crippen molar-refractivity contribution < 1.29 is 42.7 Å². The monoisotopic (exact) mass is 798 g/mol. The van der Waals surface area contributed by atoms with Crippen LogP contribution in [0.15, 0.2) is 48.6 Å². The predicted molar refractivity (Wildman–Crippen MR) is 226 cm³/mol. The van der Waals surface area contributed by atoms with Crippen molar-refractivity contribution in [3.05, 3.63) is 48.6 Å². The fraction of sp³-hybridized carbons (Fsp3) is 0.773. The van der Waals surface area contributed by atoms with Crippen LogP contribution in [0.25, 0.3) is 0 Å². The molecule has 10 nitrogen and oxygen atoms in total. The fourth-order valence-corrected chi connectivity index (χ4v) is 6.55. The number of unbranched alkanes of at least 4 members (excludes halogenated alkanes) is 19. The van der Waals surface area contributed by atoms with Crippen molar-refractivity contribution in [3.63, 3.8) is 0 Å². The van der Waals surface area contributed by atoms with E-state index in [4.69, 9.17) is 29.4 Å². The number of phosphoric acid groups is 1. The molecule has 11 heteroatoms. The topological polar surface area (TPSA) is 155 Å². The maximum atomic E-state index is 12.6. The predicted octanol–water partition coefficient (Wildman–Crippen LogP) is 11.9. The van der Waals surface area contributed by atoms with Gasteiger partial charge in [-0.15, -0.1) is 0 Å². The molecule has 0 bridgehead atoms. The number of allylic oxidation sites excluding steroid dienone is 8. The third-order valence-corrected chi connectivity index (χ3v) is 10.1. The molecule has 3 unspecified atom stereocenters. The second-order valence-electron chi connectivity index (χ2n) is 14.4. The molecule has 3 atom stereocenters. The summed E-state index contributed by atoms with van der Waals surface area (Å²) in [6.45, 7) is 3.75. The highest BCUT2D eigenvalue weighted by atomic mass is 31.2. The molecular formula is C44H80NO9P. The van der Waals surface area contributed by atoms with Gasteiger partial charge in [0.1, 0.15) is 12.1 Å². The van der Waals surface area contributed by atoms with E-state index in [0.717, 1.165) is 70.6 Å². The molecule has 55 heavy (non-hydrogen) atoms. The summed E-state index contributed by atoms with van der Waals surface area (Å²) in [6.07, 6.45) is 45.9. The Bertz CT molecular complexity index is 1060. The Hall–Kier alpha value is -2.07. The lowest BCUT2D eigenvalue weighted by Gasteiger charge is -2.20. The van der Waals surface area contributed by atoms with Crippen LogP contribution in [-0.2, 0) is 32.7 Å². The van der Waals surface area contributed by atoms with Gasteiger partial charge in [0.25, 0.3) is 0 Å². The molecule has 0 aliphatic rings. The zero-order valence-electron chi connectivity index (χ0n) is 34.8. The lowest BCUT2D eigenvalue weighted by atomic mass is 10.0. The fourth-order valence-electron chi connectivity index (χ4n) is 5.77. The van der Waals surface area contributed by atoms with E-state index in [-0.39, 0.29) is 13.0 Å². The number of rotatable bonds is 41. The van der Waals surface area contributed by atoms with Gasteiger partial charge in [-0.1, -0.05) is 172 Å². The lowest BCUT2D eigenvalue weighted by molar-refractivity contribution is -0.154. The molecule has 0 fully saturated rings. The van der Waals surface area contributed by atoms with Gasteiger partial charge in [-0.05, 0) is 51.4 Å². The van der Waals surface area contributed by atoms with E-state index < -0.39 is 45.1 Å². The molecule has 0 heterocycles. The average molecular weight is 798 g/mol. The molecule has 4 N–H and O–H groups in total. The van der Waals surface area contributed by atoms with E-state index >= 15 is 0 Å². The highest BCUT2D eigenvalue weighted by Crippen LogP contribution is 2.43. The number of esters is 1. The number of carbonyl (C=O) groups excluding carboxylic acids is 1. The number of aliphatic carboxylic acids is 1. The van der Waals surface area contributed by atoms with E-state index in [9.17, 15) is 19.0 Å². The quantitative estimate of drug-likeness (QED) is 0.0236. The van der Waals surface area contributed by atoms with Crippen molar-refractivity contribution >= 4 is 19.8 Å². The Labute approximate surface area is 335 Å². The van der Waals surface area contributed by atoms with E-state index in [1.165, 1.54) is 83.5 Å². The van der Waals surface area contributed by atoms with Crippen molar-refractivity contribution in [2.45, 2.75) is 193 Å². The molecule has 0 radical (unpaired) electrons. The normalized spacial score (nSPS) is 14.4. The van der Waals surface area contributed by atoms with E-state index in [2.05, 4.69) is 62.5 Å². The lowest BCUT2D eigenvalue weighted by Crippen LogP contribution is -2.34. The summed E-state index contributed by atoms with van der Waals surface area (Å²) in [5.41, 5.74) is 5.35. The van der Waals surface area contributed by atoms with Crippen molar-refractivity contribution in [1.29, 1.82) is 0 Å². The Morgan fingerprint density at radius 3 is 1.58 bits per heavy atom. The van der Waals surface area contributed by atoms with Crippen LogP contribution in [0, 0.1) is 0 Å². The molecule has 0 aromatic carbocycles. The number of carboxylic acid groups (broad SMARTS) is 1. The van der Waals surface area contributed by atoms with Gasteiger partial charge >= 0.3 is 19.8 Å². The van der Waals surface area contributed by atoms with Crippen LogP contribution in [0.2, 0.25) is 0 Å². The van der Waals surface area contributed by atoms with Gasteiger partial charge in [0.2, 0.25) is 0 Å². The molecule has 0 saturated carbocycles. The van der Waals surface area contributed by atoms with Crippen LogP contribution >= 0.6 is 7.82 Å². The molecule has 0 spiro atoms. The number of hydrogen-bond donors (Lipinski definition) is 3. The first-order valence-corrected chi connectivity index (χ1v) is 23.2. The first-order valence-electron chi connectivity index (χ1n) is 21.7. The van der Waals surface area contributed by atoms with Gasteiger partial charge in [-0.2, -0.15) is 0 Å². The Balaban J connectivity index is 4.14. The van der Waals surface area contributed by atoms with Gasteiger partial charge in [-0.25, -0.2) is 4.57 Å². The van der Waals surface area contributed by atoms with Gasteiger partial charge in [0, 0.05) is 13.0 Å². The molecule has 0 aliphatic heterocycles. The molecular weight excluding hydrogens is 717 g/mol. The van der Waals surface area contributed by atoms with E-state index in [1.54, 1.807) is 0 Å². The van der Waals surface area contributed by atoms with Crippen LogP contribution in [0.4, 0.5) is 0 Å². The molecule has 0 aromatic rings. The summed E-state index contributed by atoms with van der Waals surface area (Å²) in [4.78, 5) is 33.5. The smallest absolute Gasteiger partial charge is 0.472 e. The maximum Gasteiger partial charge on any atom is 0.472 e. The minimum Gasteiger partial charge on any atom is -0.480 e. The Kier molecular flexibility index (Phi) is 38.6. The average Bonchev–Trinajstić information content (AvgIpc) is 3.16. The summed E-state index contributed by atoms with van der Waals surface area (Å²) >= 11 is 0. The number of carbonyl (C=O) groups is 2. The van der Waals surface area contributed by atoms with Gasteiger partial charge < -0.3 is 25.2 Å². The first-order chi connectivity index (χ1) is 26.7. The van der Waals surface area contributed by atoms with E-state index in [1.807, 2.05) is 0 Å². The molecule has 320 valence electrons. The second-order valence-corrected chi connectivity index (χ2v) is 15.9. The molecule has 0 amide bonds. The first kappa shape index (κ1) is 52.9. The number of carboxylic acids is 1. The summed E-state index contributed by atoms with van der Waals surface area (Å²) < 4.78 is 33.3. The van der Waals surface area contributed by atoms with Crippen LogP contribution in [-0.4, -0.2) is 60.5 Å². The van der Waals surface area contributed by atoms with E-state index in [0.29, 0.717) is 13.0 Å². The molecule has 0 rings (SSSR count). The molecule has 0 aromatic heterocycles. The molecule has 0 aliphatic carbocycles. The van der Waals surface area contributed by atoms with Gasteiger partial charge in [0.15, 0.2) is 0 Å². The number of ether oxygens (including phenoxy) is 2. The number of phosphoric ester groups is 1. The van der Waals surface area contributed by atoms with Crippen LogP contribution in [0.3, 0.4) is 0 Å². The zero-order valence-corrected chi connectivity index (χ0v) is 35.7. The minimum absolute atomic E-state index is 0.0161.